The molecule has 0 aliphatic heterocycles. The van der Waals surface area contributed by atoms with Gasteiger partial charge in [0.2, 0.25) is 0 Å². The third-order valence-corrected chi connectivity index (χ3v) is 4.51. The van der Waals surface area contributed by atoms with Crippen molar-refractivity contribution >= 4 is 0 Å². The second-order valence-corrected chi connectivity index (χ2v) is 5.71. The topological polar surface area (TPSA) is 0 Å². The van der Waals surface area contributed by atoms with Crippen molar-refractivity contribution in [1.82, 2.24) is 0 Å². The van der Waals surface area contributed by atoms with Gasteiger partial charge in [0.05, 0.1) is 0 Å². The second kappa shape index (κ2) is 3.36. The van der Waals surface area contributed by atoms with Gasteiger partial charge in [-0.1, -0.05) is 0 Å². The molecule has 0 aromatic rings. The molecule has 0 unspecified atom stereocenters. The number of rotatable bonds is 2. The summed E-state index contributed by atoms with van der Waals surface area (Å²) in [6.07, 6.45) is 15.9. The third-order valence-electron chi connectivity index (χ3n) is 1.74. The van der Waals surface area contributed by atoms with Gasteiger partial charge in [-0.2, -0.15) is 0 Å². The minimum atomic E-state index is 0.0394. The van der Waals surface area contributed by atoms with Gasteiger partial charge in [0, 0.05) is 0 Å². The fourth-order valence-electron chi connectivity index (χ4n) is 1.17. The van der Waals surface area contributed by atoms with E-state index in [-0.39, 0.29) is 18.6 Å². The summed E-state index contributed by atoms with van der Waals surface area (Å²) in [5.41, 5.74) is 0. The van der Waals surface area contributed by atoms with Crippen molar-refractivity contribution in [1.29, 1.82) is 0 Å². The molecule has 0 nitrogen and oxygen atoms in total. The molecule has 1 heteroatoms. The molecule has 0 spiro atoms. The molecule has 2 aliphatic rings. The van der Waals surface area contributed by atoms with E-state index in [1.54, 1.807) is 7.93 Å². The van der Waals surface area contributed by atoms with Gasteiger partial charge in [-0.3, -0.25) is 0 Å². The number of hydrogen-bond acceptors (Lipinski definition) is 0. The van der Waals surface area contributed by atoms with E-state index in [0.29, 0.717) is 0 Å². The van der Waals surface area contributed by atoms with Gasteiger partial charge in [-0.25, -0.2) is 0 Å². The standard InChI is InChI=1S/2C5H5.Mo/c2*1-2-4-5-3-1;/h2*1-3H,4H2;. The van der Waals surface area contributed by atoms with Gasteiger partial charge in [0.25, 0.3) is 0 Å². The van der Waals surface area contributed by atoms with Crippen molar-refractivity contribution in [2.24, 2.45) is 0 Å². The Morgan fingerprint density at radius 1 is 0.909 bits per heavy atom. The number of allylic oxidation sites excluding steroid dienone is 8. The maximum atomic E-state index is 2.29. The van der Waals surface area contributed by atoms with Gasteiger partial charge in [-0.15, -0.1) is 0 Å². The van der Waals surface area contributed by atoms with E-state index in [1.165, 1.54) is 12.8 Å². The molecule has 0 radical (unpaired) electrons. The molecule has 0 atom stereocenters. The molecule has 2 aliphatic carbocycles. The van der Waals surface area contributed by atoms with E-state index in [9.17, 15) is 0 Å². The first-order valence-electron chi connectivity index (χ1n) is 3.84. The Labute approximate surface area is 75.9 Å². The van der Waals surface area contributed by atoms with E-state index in [0.717, 1.165) is 0 Å². The maximum absolute atomic E-state index is 2.29. The molecule has 11 heavy (non-hydrogen) atoms. The Morgan fingerprint density at radius 3 is 1.82 bits per heavy atom. The van der Waals surface area contributed by atoms with E-state index in [4.69, 9.17) is 0 Å². The summed E-state index contributed by atoms with van der Waals surface area (Å²) < 4.78 is 3.37. The van der Waals surface area contributed by atoms with Crippen LogP contribution in [0.25, 0.3) is 0 Å². The van der Waals surface area contributed by atoms with Gasteiger partial charge in [0.15, 0.2) is 0 Å². The summed E-state index contributed by atoms with van der Waals surface area (Å²) in [4.78, 5) is 0. The first kappa shape index (κ1) is 7.31. The molecule has 0 aromatic heterocycles. The Morgan fingerprint density at radius 2 is 1.45 bits per heavy atom. The molecule has 0 heterocycles. The first-order chi connectivity index (χ1) is 5.45. The monoisotopic (exact) mass is 228 g/mol. The van der Waals surface area contributed by atoms with Crippen LogP contribution in [0.1, 0.15) is 12.8 Å². The van der Waals surface area contributed by atoms with Crippen molar-refractivity contribution in [2.45, 2.75) is 12.8 Å². The van der Waals surface area contributed by atoms with Crippen LogP contribution in [0, 0.1) is 0 Å². The number of hydrogen-bond donors (Lipinski definition) is 0. The predicted molar refractivity (Wildman–Crippen MR) is 43.7 cm³/mol. The quantitative estimate of drug-likeness (QED) is 0.635. The van der Waals surface area contributed by atoms with Crippen LogP contribution < -0.4 is 0 Å². The van der Waals surface area contributed by atoms with Crippen LogP contribution in [-0.4, -0.2) is 0 Å². The van der Waals surface area contributed by atoms with Crippen LogP contribution in [0.5, 0.6) is 0 Å². The predicted octanol–water partition coefficient (Wildman–Crippen LogP) is 2.76. The third kappa shape index (κ3) is 1.81. The van der Waals surface area contributed by atoms with Crippen LogP contribution in [-0.2, 0) is 18.6 Å². The van der Waals surface area contributed by atoms with Crippen molar-refractivity contribution in [3.05, 3.63) is 44.4 Å². The second-order valence-electron chi connectivity index (χ2n) is 2.63. The normalized spacial score (nSPS) is 20.7. The fraction of sp³-hybridized carbons (Fsp3) is 0.200. The Kier molecular flexibility index (Phi) is 2.23. The van der Waals surface area contributed by atoms with Gasteiger partial charge >= 0.3 is 75.8 Å². The molecule has 2 rings (SSSR count). The Bertz CT molecular complexity index is 239. The zero-order valence-electron chi connectivity index (χ0n) is 6.29. The summed E-state index contributed by atoms with van der Waals surface area (Å²) in [5, 5.41) is 0. The van der Waals surface area contributed by atoms with Crippen molar-refractivity contribution in [3.8, 4) is 0 Å². The molecule has 0 saturated heterocycles. The van der Waals surface area contributed by atoms with Gasteiger partial charge < -0.3 is 0 Å². The zero-order valence-corrected chi connectivity index (χ0v) is 8.29. The molecule has 0 amide bonds. The zero-order chi connectivity index (χ0) is 7.52. The summed E-state index contributed by atoms with van der Waals surface area (Å²) in [7, 11) is 0. The minimum absolute atomic E-state index is 0.0394. The van der Waals surface area contributed by atoms with Gasteiger partial charge in [0.1, 0.15) is 0 Å². The fourth-order valence-corrected chi connectivity index (χ4v) is 3.61. The van der Waals surface area contributed by atoms with Gasteiger partial charge in [-0.05, 0) is 0 Å². The summed E-state index contributed by atoms with van der Waals surface area (Å²) in [6, 6.07) is 0. The molecule has 56 valence electrons. The average Bonchev–Trinajstić information content (AvgIpc) is 2.60. The Hall–Kier alpha value is -0.352. The molecule has 0 N–H and O–H groups in total. The van der Waals surface area contributed by atoms with Crippen molar-refractivity contribution < 1.29 is 18.6 Å². The molecular weight excluding hydrogens is 216 g/mol. The van der Waals surface area contributed by atoms with Crippen LogP contribution in [0.15, 0.2) is 44.4 Å². The summed E-state index contributed by atoms with van der Waals surface area (Å²) >= 11 is 0.0394. The first-order valence-corrected chi connectivity index (χ1v) is 5.85. The van der Waals surface area contributed by atoms with Crippen LogP contribution in [0.3, 0.4) is 0 Å². The molecule has 0 fully saturated rings. The van der Waals surface area contributed by atoms with Crippen molar-refractivity contribution in [3.63, 3.8) is 0 Å². The molecule has 0 saturated carbocycles. The van der Waals surface area contributed by atoms with E-state index in [1.807, 2.05) is 0 Å². The molecule has 0 aromatic carbocycles. The van der Waals surface area contributed by atoms with E-state index >= 15 is 0 Å². The van der Waals surface area contributed by atoms with Crippen LogP contribution >= 0.6 is 0 Å². The summed E-state index contributed by atoms with van der Waals surface area (Å²) in [5.74, 6) is 0. The van der Waals surface area contributed by atoms with Crippen LogP contribution in [0.4, 0.5) is 0 Å². The van der Waals surface area contributed by atoms with E-state index < -0.39 is 0 Å². The van der Waals surface area contributed by atoms with E-state index in [2.05, 4.69) is 36.5 Å². The summed E-state index contributed by atoms with van der Waals surface area (Å²) in [6.45, 7) is 0. The average molecular weight is 226 g/mol. The molecular formula is C10H10Mo. The van der Waals surface area contributed by atoms with Crippen LogP contribution in [0.2, 0.25) is 0 Å². The SMILES string of the molecule is C1=CC[C]([Mo][C]2=CC=CC2)=C1. The Balaban J connectivity index is 1.91. The van der Waals surface area contributed by atoms with Crippen molar-refractivity contribution in [2.75, 3.05) is 0 Å². The molecule has 0 bridgehead atoms.